The van der Waals surface area contributed by atoms with E-state index >= 15 is 0 Å². The Bertz CT molecular complexity index is 913. The number of nitrogens with two attached hydrogens (primary N) is 1. The number of carbonyl (C=O) groups is 2. The van der Waals surface area contributed by atoms with E-state index < -0.39 is 29.3 Å². The van der Waals surface area contributed by atoms with Gasteiger partial charge in [0.1, 0.15) is 17.5 Å². The number of piperidine rings is 1. The van der Waals surface area contributed by atoms with Crippen molar-refractivity contribution in [2.75, 3.05) is 6.54 Å². The van der Waals surface area contributed by atoms with Crippen molar-refractivity contribution in [2.24, 2.45) is 29.4 Å². The zero-order valence-electron chi connectivity index (χ0n) is 22.4. The molecule has 0 radical (unpaired) electrons. The fourth-order valence-electron chi connectivity index (χ4n) is 8.43. The van der Waals surface area contributed by atoms with Gasteiger partial charge in [-0.05, 0) is 78.2 Å². The van der Waals surface area contributed by atoms with Crippen LogP contribution in [0.1, 0.15) is 78.6 Å². The number of Topliss-reactive ketones (excluding diaryl/α,β-unsaturated/α-hetero) is 1. The van der Waals surface area contributed by atoms with Gasteiger partial charge in [0.25, 0.3) is 0 Å². The van der Waals surface area contributed by atoms with Gasteiger partial charge in [0.2, 0.25) is 0 Å². The van der Waals surface area contributed by atoms with E-state index in [1.165, 1.54) is 0 Å². The van der Waals surface area contributed by atoms with Crippen LogP contribution in [0.5, 0.6) is 0 Å². The molecule has 0 amide bonds. The topological polar surface area (TPSA) is 133 Å². The van der Waals surface area contributed by atoms with Gasteiger partial charge >= 0.3 is 5.97 Å². The van der Waals surface area contributed by atoms with E-state index in [1.807, 2.05) is 20.8 Å². The van der Waals surface area contributed by atoms with Crippen LogP contribution < -0.4 is 11.1 Å². The van der Waals surface area contributed by atoms with Crippen molar-refractivity contribution < 1.29 is 33.6 Å². The smallest absolute Gasteiger partial charge is 0.341 e. The first-order valence-corrected chi connectivity index (χ1v) is 14.5. The van der Waals surface area contributed by atoms with E-state index in [0.29, 0.717) is 25.2 Å². The number of epoxide rings is 1. The molecule has 1 spiro atoms. The maximum Gasteiger partial charge on any atom is 0.341 e. The Balaban J connectivity index is 1.16. The van der Waals surface area contributed by atoms with Crippen LogP contribution in [0.2, 0.25) is 0 Å². The molecule has 9 heteroatoms. The summed E-state index contributed by atoms with van der Waals surface area (Å²) >= 11 is 0. The zero-order chi connectivity index (χ0) is 26.1. The van der Waals surface area contributed by atoms with Gasteiger partial charge in [-0.1, -0.05) is 0 Å². The van der Waals surface area contributed by atoms with Crippen LogP contribution >= 0.6 is 0 Å². The first-order chi connectivity index (χ1) is 17.6. The highest BCUT2D eigenvalue weighted by molar-refractivity contribution is 5.84. The molecule has 208 valence electrons. The standard InChI is InChI=1S/C28H44N2O7/c1-14-11-17(31)23-18(34-14)13-19-22(24(23)32)16-5-4-9-28(26(33)35-25(16)27(2,3)36-19)20(37-28)7-6-15-8-10-30-21(29)12-15/h14-16,18-25,30,32H,4-13,29H2,1-3H3/t14?,15?,16-,18?,19?,20+,21?,22?,23?,24?,25+,28-/m0/s1. The number of carbonyl (C=O) groups excluding carboxylic acids is 2. The van der Waals surface area contributed by atoms with Gasteiger partial charge in [0.15, 0.2) is 5.60 Å². The molecule has 5 heterocycles. The largest absolute Gasteiger partial charge is 0.457 e. The summed E-state index contributed by atoms with van der Waals surface area (Å²) in [7, 11) is 0. The minimum atomic E-state index is -0.860. The molecule has 0 aromatic carbocycles. The minimum absolute atomic E-state index is 0.0535. The number of rotatable bonds is 3. The van der Waals surface area contributed by atoms with Crippen molar-refractivity contribution >= 4 is 11.8 Å². The van der Waals surface area contributed by atoms with Crippen molar-refractivity contribution in [3.8, 4) is 0 Å². The van der Waals surface area contributed by atoms with E-state index in [9.17, 15) is 14.7 Å². The van der Waals surface area contributed by atoms with Crippen LogP contribution in [0.15, 0.2) is 0 Å². The van der Waals surface area contributed by atoms with Gasteiger partial charge in [-0.25, -0.2) is 4.79 Å². The third-order valence-corrected chi connectivity index (χ3v) is 10.2. The van der Waals surface area contributed by atoms with Gasteiger partial charge in [0.05, 0.1) is 42.6 Å². The van der Waals surface area contributed by atoms with Gasteiger partial charge in [-0.2, -0.15) is 0 Å². The summed E-state index contributed by atoms with van der Waals surface area (Å²) in [6.45, 7) is 6.80. The lowest BCUT2D eigenvalue weighted by molar-refractivity contribution is -0.280. The number of hydrogen-bond donors (Lipinski definition) is 3. The fraction of sp³-hybridized carbons (Fsp3) is 0.929. The number of esters is 1. The predicted molar refractivity (Wildman–Crippen MR) is 133 cm³/mol. The van der Waals surface area contributed by atoms with Gasteiger partial charge in [-0.15, -0.1) is 0 Å². The molecule has 6 aliphatic rings. The lowest BCUT2D eigenvalue weighted by atomic mass is 9.61. The van der Waals surface area contributed by atoms with Crippen LogP contribution in [-0.4, -0.2) is 77.4 Å². The number of hydrogen-bond acceptors (Lipinski definition) is 9. The molecule has 5 saturated heterocycles. The maximum atomic E-state index is 13.6. The number of fused-ring (bicyclic) bond motifs is 4. The Morgan fingerprint density at radius 1 is 1.11 bits per heavy atom. The summed E-state index contributed by atoms with van der Waals surface area (Å²) in [6, 6.07) is 0. The second-order valence-electron chi connectivity index (χ2n) is 13.2. The van der Waals surface area contributed by atoms with Crippen LogP contribution in [0.4, 0.5) is 0 Å². The number of nitrogens with one attached hydrogen (secondary N) is 1. The summed E-state index contributed by atoms with van der Waals surface area (Å²) in [6.07, 6.45) is 4.93. The summed E-state index contributed by atoms with van der Waals surface area (Å²) in [4.78, 5) is 26.5. The van der Waals surface area contributed by atoms with Crippen LogP contribution in [0, 0.1) is 23.7 Å². The Morgan fingerprint density at radius 2 is 1.92 bits per heavy atom. The average Bonchev–Trinajstić information content (AvgIpc) is 3.52. The first kappa shape index (κ1) is 26.1. The third-order valence-electron chi connectivity index (χ3n) is 10.2. The van der Waals surface area contributed by atoms with E-state index in [0.717, 1.165) is 45.1 Å². The molecular weight excluding hydrogens is 476 g/mol. The van der Waals surface area contributed by atoms with Gasteiger partial charge in [-0.3, -0.25) is 4.79 Å². The highest BCUT2D eigenvalue weighted by Gasteiger charge is 2.67. The van der Waals surface area contributed by atoms with Crippen molar-refractivity contribution in [3.63, 3.8) is 0 Å². The SMILES string of the molecule is CC1CC(=O)C2C(CC3OC(C)(C)[C@@H]4OC(=O)[C@@]5(CCC[C@H]4C3C2O)O[C@@H]5CCC2CCNC(N)C2)O1. The molecule has 6 rings (SSSR count). The normalized spacial score (nSPS) is 51.2. The van der Waals surface area contributed by atoms with Crippen molar-refractivity contribution in [2.45, 2.75) is 133 Å². The van der Waals surface area contributed by atoms with E-state index in [-0.39, 0.29) is 54.2 Å². The highest BCUT2D eigenvalue weighted by atomic mass is 16.7. The van der Waals surface area contributed by atoms with E-state index in [1.54, 1.807) is 0 Å². The van der Waals surface area contributed by atoms with Crippen molar-refractivity contribution in [1.82, 2.24) is 5.32 Å². The molecule has 0 aromatic heterocycles. The number of aliphatic hydroxyl groups is 1. The maximum absolute atomic E-state index is 13.6. The summed E-state index contributed by atoms with van der Waals surface area (Å²) in [5.41, 5.74) is 4.50. The second-order valence-corrected chi connectivity index (χ2v) is 13.2. The molecule has 1 aliphatic carbocycles. The Kier molecular flexibility index (Phi) is 6.73. The molecule has 6 fully saturated rings. The van der Waals surface area contributed by atoms with Crippen LogP contribution in [0.3, 0.4) is 0 Å². The average molecular weight is 521 g/mol. The second kappa shape index (κ2) is 9.52. The number of ether oxygens (including phenoxy) is 4. The monoisotopic (exact) mass is 520 g/mol. The Morgan fingerprint density at radius 3 is 2.70 bits per heavy atom. The van der Waals surface area contributed by atoms with E-state index in [2.05, 4.69) is 5.32 Å². The number of aliphatic hydroxyl groups excluding tert-OH is 1. The van der Waals surface area contributed by atoms with E-state index in [4.69, 9.17) is 24.7 Å². The first-order valence-electron chi connectivity index (χ1n) is 14.5. The highest BCUT2D eigenvalue weighted by Crippen LogP contribution is 2.54. The third kappa shape index (κ3) is 4.57. The lowest BCUT2D eigenvalue weighted by Gasteiger charge is -2.57. The minimum Gasteiger partial charge on any atom is -0.457 e. The predicted octanol–water partition coefficient (Wildman–Crippen LogP) is 1.82. The summed E-state index contributed by atoms with van der Waals surface area (Å²) < 4.78 is 25.0. The molecule has 0 bridgehead atoms. The van der Waals surface area contributed by atoms with Crippen molar-refractivity contribution in [1.29, 1.82) is 0 Å². The quantitative estimate of drug-likeness (QED) is 0.376. The Hall–Kier alpha value is -1.10. The van der Waals surface area contributed by atoms with Crippen LogP contribution in [-0.2, 0) is 28.5 Å². The molecule has 12 atom stereocenters. The molecule has 5 aliphatic heterocycles. The molecule has 9 nitrogen and oxygen atoms in total. The molecular formula is C28H44N2O7. The lowest BCUT2D eigenvalue weighted by Crippen LogP contribution is -2.67. The van der Waals surface area contributed by atoms with Gasteiger partial charge < -0.3 is 35.1 Å². The summed E-state index contributed by atoms with van der Waals surface area (Å²) in [5.74, 6) is -0.538. The van der Waals surface area contributed by atoms with Crippen molar-refractivity contribution in [3.05, 3.63) is 0 Å². The molecule has 37 heavy (non-hydrogen) atoms. The molecule has 8 unspecified atom stereocenters. The molecule has 4 N–H and O–H groups in total. The summed E-state index contributed by atoms with van der Waals surface area (Å²) in [5, 5.41) is 14.8. The molecule has 0 aromatic rings. The Labute approximate surface area is 219 Å². The van der Waals surface area contributed by atoms with Gasteiger partial charge in [0, 0.05) is 24.7 Å². The number of ketones is 1. The molecule has 1 saturated carbocycles. The fourth-order valence-corrected chi connectivity index (χ4v) is 8.43. The zero-order valence-corrected chi connectivity index (χ0v) is 22.4. The van der Waals surface area contributed by atoms with Crippen LogP contribution in [0.25, 0.3) is 0 Å².